The summed E-state index contributed by atoms with van der Waals surface area (Å²) in [6.45, 7) is 5.49. The fourth-order valence-electron chi connectivity index (χ4n) is 2.34. The quantitative estimate of drug-likeness (QED) is 0.800. The Morgan fingerprint density at radius 3 is 2.70 bits per heavy atom. The third-order valence-electron chi connectivity index (χ3n) is 4.14. The van der Waals surface area contributed by atoms with Crippen LogP contribution in [-0.2, 0) is 0 Å². The number of hydrogen-bond acceptors (Lipinski definition) is 2. The zero-order valence-corrected chi connectivity index (χ0v) is 12.3. The summed E-state index contributed by atoms with van der Waals surface area (Å²) in [7, 11) is 0. The first-order valence-electron chi connectivity index (χ1n) is 7.42. The molecule has 1 aliphatic rings. The van der Waals surface area contributed by atoms with E-state index in [-0.39, 0.29) is 11.7 Å². The van der Waals surface area contributed by atoms with Gasteiger partial charge in [-0.1, -0.05) is 19.9 Å². The van der Waals surface area contributed by atoms with Crippen molar-refractivity contribution in [1.82, 2.24) is 5.32 Å². The smallest absolute Gasteiger partial charge is 0.253 e. The van der Waals surface area contributed by atoms with Gasteiger partial charge in [0.2, 0.25) is 0 Å². The number of amides is 1. The fourth-order valence-corrected chi connectivity index (χ4v) is 2.34. The van der Waals surface area contributed by atoms with E-state index in [1.165, 1.54) is 18.9 Å². The maximum absolute atomic E-state index is 13.8. The van der Waals surface area contributed by atoms with Gasteiger partial charge >= 0.3 is 0 Å². The first-order valence-corrected chi connectivity index (χ1v) is 7.42. The maximum atomic E-state index is 13.8. The Hall–Kier alpha value is -1.58. The van der Waals surface area contributed by atoms with Crippen LogP contribution in [0.3, 0.4) is 0 Å². The number of para-hydroxylation sites is 1. The molecule has 0 heterocycles. The van der Waals surface area contributed by atoms with Gasteiger partial charge in [0.15, 0.2) is 0 Å². The third kappa shape index (κ3) is 3.30. The first-order chi connectivity index (χ1) is 9.62. The van der Waals surface area contributed by atoms with Gasteiger partial charge in [0.05, 0.1) is 11.3 Å². The van der Waals surface area contributed by atoms with Crippen molar-refractivity contribution < 1.29 is 9.18 Å². The van der Waals surface area contributed by atoms with E-state index in [1.807, 2.05) is 6.92 Å². The van der Waals surface area contributed by atoms with Gasteiger partial charge in [-0.05, 0) is 43.2 Å². The first kappa shape index (κ1) is 14.8. The van der Waals surface area contributed by atoms with Crippen LogP contribution in [0.1, 0.15) is 49.9 Å². The molecule has 1 aromatic rings. The predicted molar refractivity (Wildman–Crippen MR) is 79.5 cm³/mol. The summed E-state index contributed by atoms with van der Waals surface area (Å²) in [6.07, 6.45) is 4.31. The summed E-state index contributed by atoms with van der Waals surface area (Å²) in [4.78, 5) is 12.3. The zero-order valence-electron chi connectivity index (χ0n) is 12.3. The van der Waals surface area contributed by atoms with Crippen LogP contribution >= 0.6 is 0 Å². The van der Waals surface area contributed by atoms with E-state index in [2.05, 4.69) is 17.6 Å². The number of hydrogen-bond donors (Lipinski definition) is 2. The van der Waals surface area contributed by atoms with Crippen molar-refractivity contribution in [2.45, 2.75) is 39.5 Å². The van der Waals surface area contributed by atoms with E-state index < -0.39 is 0 Å². The Morgan fingerprint density at radius 2 is 2.10 bits per heavy atom. The molecular weight excluding hydrogens is 255 g/mol. The number of carbonyl (C=O) groups is 1. The average Bonchev–Trinajstić information content (AvgIpc) is 3.24. The number of nitrogens with one attached hydrogen (secondary N) is 2. The van der Waals surface area contributed by atoms with Crippen molar-refractivity contribution in [2.75, 3.05) is 18.4 Å². The minimum Gasteiger partial charge on any atom is -0.382 e. The van der Waals surface area contributed by atoms with Gasteiger partial charge < -0.3 is 10.6 Å². The van der Waals surface area contributed by atoms with E-state index >= 15 is 0 Å². The summed E-state index contributed by atoms with van der Waals surface area (Å²) in [5.41, 5.74) is 0.999. The van der Waals surface area contributed by atoms with Gasteiger partial charge in [-0.15, -0.1) is 0 Å². The summed E-state index contributed by atoms with van der Waals surface area (Å²) in [5, 5.41) is 5.95. The molecule has 20 heavy (non-hydrogen) atoms. The van der Waals surface area contributed by atoms with Gasteiger partial charge in [-0.2, -0.15) is 0 Å². The highest BCUT2D eigenvalue weighted by Crippen LogP contribution is 2.47. The monoisotopic (exact) mass is 278 g/mol. The summed E-state index contributed by atoms with van der Waals surface area (Å²) in [5.74, 6) is -0.564. The third-order valence-corrected chi connectivity index (χ3v) is 4.14. The molecular formula is C16H23FN2O. The van der Waals surface area contributed by atoms with E-state index in [4.69, 9.17) is 0 Å². The minimum absolute atomic E-state index is 0.192. The summed E-state index contributed by atoms with van der Waals surface area (Å²) < 4.78 is 13.8. The molecule has 0 radical (unpaired) electrons. The molecule has 110 valence electrons. The molecule has 0 bridgehead atoms. The largest absolute Gasteiger partial charge is 0.382 e. The second kappa shape index (κ2) is 6.25. The zero-order chi connectivity index (χ0) is 14.6. The molecule has 3 nitrogen and oxygen atoms in total. The number of carbonyl (C=O) groups excluding carboxylic acids is 1. The van der Waals surface area contributed by atoms with Crippen LogP contribution in [0.25, 0.3) is 0 Å². The molecule has 1 aromatic carbocycles. The molecule has 4 heteroatoms. The van der Waals surface area contributed by atoms with Crippen molar-refractivity contribution in [2.24, 2.45) is 5.41 Å². The van der Waals surface area contributed by atoms with E-state index in [9.17, 15) is 9.18 Å². The molecule has 1 fully saturated rings. The van der Waals surface area contributed by atoms with Crippen molar-refractivity contribution in [3.8, 4) is 0 Å². The van der Waals surface area contributed by atoms with Crippen molar-refractivity contribution >= 4 is 11.6 Å². The molecule has 2 N–H and O–H groups in total. The Labute approximate surface area is 120 Å². The Morgan fingerprint density at radius 1 is 1.35 bits per heavy atom. The highest BCUT2D eigenvalue weighted by molar-refractivity contribution is 5.99. The molecule has 0 saturated heterocycles. The molecule has 0 aliphatic heterocycles. The summed E-state index contributed by atoms with van der Waals surface area (Å²) >= 11 is 0. The molecule has 1 amide bonds. The average molecular weight is 278 g/mol. The molecule has 2 rings (SSSR count). The highest BCUT2D eigenvalue weighted by Gasteiger charge is 2.40. The van der Waals surface area contributed by atoms with Gasteiger partial charge in [0, 0.05) is 13.1 Å². The lowest BCUT2D eigenvalue weighted by Crippen LogP contribution is -2.30. The van der Waals surface area contributed by atoms with E-state index in [0.29, 0.717) is 29.8 Å². The highest BCUT2D eigenvalue weighted by atomic mass is 19.1. The molecule has 0 aromatic heterocycles. The summed E-state index contributed by atoms with van der Waals surface area (Å²) in [6, 6.07) is 4.62. The van der Waals surface area contributed by atoms with Crippen molar-refractivity contribution in [3.63, 3.8) is 0 Å². The molecule has 0 spiro atoms. The Kier molecular flexibility index (Phi) is 4.63. The molecule has 1 aliphatic carbocycles. The molecule has 0 atom stereocenters. The second-order valence-electron chi connectivity index (χ2n) is 5.63. The van der Waals surface area contributed by atoms with Crippen LogP contribution in [-0.4, -0.2) is 19.0 Å². The van der Waals surface area contributed by atoms with Crippen LogP contribution in [0.2, 0.25) is 0 Å². The van der Waals surface area contributed by atoms with Crippen molar-refractivity contribution in [1.29, 1.82) is 0 Å². The molecule has 1 saturated carbocycles. The van der Waals surface area contributed by atoms with E-state index in [1.54, 1.807) is 12.1 Å². The van der Waals surface area contributed by atoms with Crippen LogP contribution in [0.4, 0.5) is 10.1 Å². The predicted octanol–water partition coefficient (Wildman–Crippen LogP) is 3.57. The fraction of sp³-hybridized carbons (Fsp3) is 0.562. The van der Waals surface area contributed by atoms with Crippen LogP contribution < -0.4 is 10.6 Å². The van der Waals surface area contributed by atoms with Gasteiger partial charge in [-0.25, -0.2) is 4.39 Å². The van der Waals surface area contributed by atoms with Crippen LogP contribution in [0.15, 0.2) is 18.2 Å². The lowest BCUT2D eigenvalue weighted by atomic mass is 10.0. The van der Waals surface area contributed by atoms with Gasteiger partial charge in [0.25, 0.3) is 5.91 Å². The number of rotatable bonds is 7. The number of anilines is 1. The molecule has 0 unspecified atom stereocenters. The van der Waals surface area contributed by atoms with Gasteiger partial charge in [-0.3, -0.25) is 4.79 Å². The van der Waals surface area contributed by atoms with Crippen molar-refractivity contribution in [3.05, 3.63) is 29.6 Å². The number of benzene rings is 1. The Bertz CT molecular complexity index is 483. The maximum Gasteiger partial charge on any atom is 0.253 e. The van der Waals surface area contributed by atoms with Gasteiger partial charge in [0.1, 0.15) is 5.82 Å². The van der Waals surface area contributed by atoms with Crippen LogP contribution in [0.5, 0.6) is 0 Å². The Balaban J connectivity index is 2.06. The second-order valence-corrected chi connectivity index (χ2v) is 5.63. The lowest BCUT2D eigenvalue weighted by molar-refractivity contribution is 0.0945. The minimum atomic E-state index is -0.372. The normalized spacial score (nSPS) is 15.8. The number of halogens is 1. The SMILES string of the molecule is CCCNc1c(F)cccc1C(=O)NCC1(CC)CC1. The standard InChI is InChI=1S/C16H23FN2O/c1-3-10-18-14-12(6-5-7-13(14)17)15(20)19-11-16(4-2)8-9-16/h5-7,18H,3-4,8-11H2,1-2H3,(H,19,20). The van der Waals surface area contributed by atoms with Crippen LogP contribution in [0, 0.1) is 11.2 Å². The van der Waals surface area contributed by atoms with E-state index in [0.717, 1.165) is 12.8 Å². The lowest BCUT2D eigenvalue weighted by Gasteiger charge is -2.16. The topological polar surface area (TPSA) is 41.1 Å².